The van der Waals surface area contributed by atoms with Crippen LogP contribution in [0, 0.1) is 13.8 Å². The van der Waals surface area contributed by atoms with Crippen LogP contribution in [0.1, 0.15) is 16.7 Å². The highest BCUT2D eigenvalue weighted by atomic mass is 32.2. The molecule has 0 saturated carbocycles. The van der Waals surface area contributed by atoms with E-state index in [9.17, 15) is 8.42 Å². The van der Waals surface area contributed by atoms with E-state index < -0.39 is 10.0 Å². The summed E-state index contributed by atoms with van der Waals surface area (Å²) in [4.78, 5) is 0.260. The average molecular weight is 349 g/mol. The Labute approximate surface area is 143 Å². The molecule has 0 fully saturated rings. The van der Waals surface area contributed by atoms with Gasteiger partial charge in [0.15, 0.2) is 0 Å². The molecule has 0 N–H and O–H groups in total. The first-order valence-electron chi connectivity index (χ1n) is 7.54. The van der Waals surface area contributed by atoms with E-state index in [1.54, 1.807) is 33.4 Å². The highest BCUT2D eigenvalue weighted by molar-refractivity contribution is 7.89. The molecule has 5 nitrogen and oxygen atoms in total. The van der Waals surface area contributed by atoms with Crippen molar-refractivity contribution in [2.45, 2.75) is 25.3 Å². The summed E-state index contributed by atoms with van der Waals surface area (Å²) < 4.78 is 37.7. The molecule has 0 unspecified atom stereocenters. The van der Waals surface area contributed by atoms with Gasteiger partial charge < -0.3 is 9.47 Å². The highest BCUT2D eigenvalue weighted by Gasteiger charge is 2.23. The Kier molecular flexibility index (Phi) is 5.51. The average Bonchev–Trinajstić information content (AvgIpc) is 2.54. The zero-order valence-corrected chi connectivity index (χ0v) is 15.5. The number of para-hydroxylation sites is 1. The highest BCUT2D eigenvalue weighted by Crippen LogP contribution is 2.29. The molecule has 0 atom stereocenters. The van der Waals surface area contributed by atoms with E-state index in [2.05, 4.69) is 0 Å². The molecule has 0 bridgehead atoms. The van der Waals surface area contributed by atoms with Crippen LogP contribution in [-0.2, 0) is 16.6 Å². The van der Waals surface area contributed by atoms with Crippen molar-refractivity contribution in [3.05, 3.63) is 53.1 Å². The molecule has 130 valence electrons. The van der Waals surface area contributed by atoms with Gasteiger partial charge in [-0.25, -0.2) is 8.42 Å². The molecule has 0 amide bonds. The molecule has 0 heterocycles. The van der Waals surface area contributed by atoms with Gasteiger partial charge in [-0.15, -0.1) is 0 Å². The minimum Gasteiger partial charge on any atom is -0.496 e. The number of ether oxygens (including phenoxy) is 2. The number of benzene rings is 2. The van der Waals surface area contributed by atoms with Crippen LogP contribution in [0.25, 0.3) is 0 Å². The summed E-state index contributed by atoms with van der Waals surface area (Å²) in [6, 6.07) is 10.7. The summed E-state index contributed by atoms with van der Waals surface area (Å²) in [5.41, 5.74) is 2.40. The Morgan fingerprint density at radius 2 is 1.58 bits per heavy atom. The maximum absolute atomic E-state index is 12.9. The standard InChI is InChI=1S/C18H23NO4S/c1-13-10-16(11-14(2)18(13)23-5)24(20,21)19(3)12-15-8-6-7-9-17(15)22-4/h6-11H,12H2,1-5H3. The summed E-state index contributed by atoms with van der Waals surface area (Å²) in [7, 11) is 1.11. The van der Waals surface area contributed by atoms with Crippen LogP contribution in [-0.4, -0.2) is 34.0 Å². The molecule has 2 aromatic rings. The van der Waals surface area contributed by atoms with Crippen LogP contribution in [0.5, 0.6) is 11.5 Å². The molecular weight excluding hydrogens is 326 g/mol. The van der Waals surface area contributed by atoms with Crippen LogP contribution in [0.4, 0.5) is 0 Å². The van der Waals surface area contributed by atoms with Crippen molar-refractivity contribution in [1.82, 2.24) is 4.31 Å². The van der Waals surface area contributed by atoms with Crippen LogP contribution < -0.4 is 9.47 Å². The second kappa shape index (κ2) is 7.23. The van der Waals surface area contributed by atoms with Gasteiger partial charge in [0.1, 0.15) is 11.5 Å². The number of methoxy groups -OCH3 is 2. The van der Waals surface area contributed by atoms with Gasteiger partial charge in [-0.1, -0.05) is 18.2 Å². The molecule has 0 spiro atoms. The molecule has 24 heavy (non-hydrogen) atoms. The van der Waals surface area contributed by atoms with E-state index in [1.165, 1.54) is 4.31 Å². The van der Waals surface area contributed by atoms with Gasteiger partial charge in [0, 0.05) is 19.2 Å². The zero-order valence-electron chi connectivity index (χ0n) is 14.7. The molecule has 0 aliphatic heterocycles. The Morgan fingerprint density at radius 3 is 2.12 bits per heavy atom. The maximum Gasteiger partial charge on any atom is 0.243 e. The minimum atomic E-state index is -3.61. The largest absolute Gasteiger partial charge is 0.496 e. The first-order valence-corrected chi connectivity index (χ1v) is 8.98. The van der Waals surface area contributed by atoms with Crippen molar-refractivity contribution >= 4 is 10.0 Å². The van der Waals surface area contributed by atoms with Crippen LogP contribution in [0.2, 0.25) is 0 Å². The fourth-order valence-corrected chi connectivity index (χ4v) is 4.04. The molecule has 0 aromatic heterocycles. The number of rotatable bonds is 6. The maximum atomic E-state index is 12.9. The van der Waals surface area contributed by atoms with Gasteiger partial charge in [0.05, 0.1) is 19.1 Å². The zero-order chi connectivity index (χ0) is 17.9. The predicted octanol–water partition coefficient (Wildman–Crippen LogP) is 3.14. The first-order chi connectivity index (χ1) is 11.3. The van der Waals surface area contributed by atoms with E-state index in [0.717, 1.165) is 16.7 Å². The predicted molar refractivity (Wildman–Crippen MR) is 94.1 cm³/mol. The first kappa shape index (κ1) is 18.3. The molecule has 0 radical (unpaired) electrons. The van der Waals surface area contributed by atoms with Crippen LogP contribution in [0.15, 0.2) is 41.3 Å². The lowest BCUT2D eigenvalue weighted by atomic mass is 10.1. The second-order valence-corrected chi connectivity index (χ2v) is 7.71. The topological polar surface area (TPSA) is 55.8 Å². The third-order valence-electron chi connectivity index (χ3n) is 3.93. The lowest BCUT2D eigenvalue weighted by molar-refractivity contribution is 0.397. The third-order valence-corrected chi connectivity index (χ3v) is 5.71. The van der Waals surface area contributed by atoms with E-state index in [-0.39, 0.29) is 11.4 Å². The van der Waals surface area contributed by atoms with Crippen molar-refractivity contribution in [2.24, 2.45) is 0 Å². The summed E-state index contributed by atoms with van der Waals surface area (Å²) in [5, 5.41) is 0. The van der Waals surface area contributed by atoms with E-state index >= 15 is 0 Å². The second-order valence-electron chi connectivity index (χ2n) is 5.66. The molecule has 6 heteroatoms. The molecular formula is C18H23NO4S. The number of aryl methyl sites for hydroxylation is 2. The number of hydrogen-bond donors (Lipinski definition) is 0. The molecule has 0 aliphatic carbocycles. The van der Waals surface area contributed by atoms with Crippen molar-refractivity contribution in [2.75, 3.05) is 21.3 Å². The fraction of sp³-hybridized carbons (Fsp3) is 0.333. The Balaban J connectivity index is 2.36. The third kappa shape index (κ3) is 3.55. The van der Waals surface area contributed by atoms with Crippen molar-refractivity contribution in [1.29, 1.82) is 0 Å². The minimum absolute atomic E-state index is 0.233. The van der Waals surface area contributed by atoms with Crippen molar-refractivity contribution in [3.8, 4) is 11.5 Å². The summed E-state index contributed by atoms with van der Waals surface area (Å²) in [6.45, 7) is 3.91. The quantitative estimate of drug-likeness (QED) is 0.804. The van der Waals surface area contributed by atoms with Crippen LogP contribution in [0.3, 0.4) is 0 Å². The van der Waals surface area contributed by atoms with Gasteiger partial charge in [-0.05, 0) is 43.2 Å². The van der Waals surface area contributed by atoms with E-state index in [4.69, 9.17) is 9.47 Å². The Bertz CT molecular complexity index is 808. The van der Waals surface area contributed by atoms with E-state index in [1.807, 2.05) is 38.1 Å². The SMILES string of the molecule is COc1ccccc1CN(C)S(=O)(=O)c1cc(C)c(OC)c(C)c1. The molecule has 0 aliphatic rings. The van der Waals surface area contributed by atoms with Gasteiger partial charge >= 0.3 is 0 Å². The smallest absolute Gasteiger partial charge is 0.243 e. The Morgan fingerprint density at radius 1 is 1.00 bits per heavy atom. The van der Waals surface area contributed by atoms with E-state index in [0.29, 0.717) is 11.5 Å². The summed E-state index contributed by atoms with van der Waals surface area (Å²) in [5.74, 6) is 1.38. The lowest BCUT2D eigenvalue weighted by Crippen LogP contribution is -2.27. The Hall–Kier alpha value is -2.05. The normalized spacial score (nSPS) is 11.6. The number of nitrogens with zero attached hydrogens (tertiary/aromatic N) is 1. The number of sulfonamides is 1. The molecule has 0 saturated heterocycles. The van der Waals surface area contributed by atoms with Crippen LogP contribution >= 0.6 is 0 Å². The molecule has 2 rings (SSSR count). The van der Waals surface area contributed by atoms with Crippen molar-refractivity contribution < 1.29 is 17.9 Å². The van der Waals surface area contributed by atoms with Gasteiger partial charge in [0.25, 0.3) is 0 Å². The molecule has 2 aromatic carbocycles. The number of hydrogen-bond acceptors (Lipinski definition) is 4. The lowest BCUT2D eigenvalue weighted by Gasteiger charge is -2.20. The summed E-state index contributed by atoms with van der Waals surface area (Å²) >= 11 is 0. The van der Waals surface area contributed by atoms with Gasteiger partial charge in [-0.3, -0.25) is 0 Å². The van der Waals surface area contributed by atoms with Crippen molar-refractivity contribution in [3.63, 3.8) is 0 Å². The van der Waals surface area contributed by atoms with Gasteiger partial charge in [0.2, 0.25) is 10.0 Å². The summed E-state index contributed by atoms with van der Waals surface area (Å²) in [6.07, 6.45) is 0. The van der Waals surface area contributed by atoms with Gasteiger partial charge in [-0.2, -0.15) is 4.31 Å². The monoisotopic (exact) mass is 349 g/mol. The fourth-order valence-electron chi connectivity index (χ4n) is 2.72.